The van der Waals surface area contributed by atoms with Crippen molar-refractivity contribution in [1.29, 1.82) is 0 Å². The van der Waals surface area contributed by atoms with Gasteiger partial charge in [-0.1, -0.05) is 22.9 Å². The molecule has 0 unspecified atom stereocenters. The topological polar surface area (TPSA) is 45.7 Å². The van der Waals surface area contributed by atoms with E-state index in [2.05, 4.69) is 4.90 Å². The van der Waals surface area contributed by atoms with E-state index in [9.17, 15) is 4.79 Å². The average molecular weight is 464 g/mol. The van der Waals surface area contributed by atoms with E-state index < -0.39 is 0 Å². The van der Waals surface area contributed by atoms with Gasteiger partial charge < -0.3 is 9.64 Å². The van der Waals surface area contributed by atoms with Gasteiger partial charge in [0.2, 0.25) is 5.91 Å². The molecule has 0 aliphatic carbocycles. The largest absolute Gasteiger partial charge is 0.497 e. The van der Waals surface area contributed by atoms with Crippen molar-refractivity contribution in [2.45, 2.75) is 17.7 Å². The summed E-state index contributed by atoms with van der Waals surface area (Å²) in [5.74, 6) is 1.60. The van der Waals surface area contributed by atoms with Crippen LogP contribution in [0.25, 0.3) is 10.2 Å². The molecule has 0 fully saturated rings. The SMILES string of the molecule is COc1ccc2nc(N(CCCN(C)C)C(=O)CCSc3ccc(Cl)cc3)sc2c1. The van der Waals surface area contributed by atoms with E-state index in [1.165, 1.54) is 11.3 Å². The quantitative estimate of drug-likeness (QED) is 0.375. The molecule has 160 valence electrons. The molecule has 8 heteroatoms. The van der Waals surface area contributed by atoms with E-state index in [0.717, 1.165) is 44.0 Å². The number of anilines is 1. The number of aromatic nitrogens is 1. The van der Waals surface area contributed by atoms with Crippen LogP contribution in [-0.4, -0.2) is 55.8 Å². The van der Waals surface area contributed by atoms with Gasteiger partial charge in [0, 0.05) is 28.6 Å². The van der Waals surface area contributed by atoms with Gasteiger partial charge in [0.25, 0.3) is 0 Å². The molecule has 0 aliphatic rings. The molecule has 1 aromatic heterocycles. The van der Waals surface area contributed by atoms with Crippen LogP contribution in [0.15, 0.2) is 47.4 Å². The summed E-state index contributed by atoms with van der Waals surface area (Å²) in [6.45, 7) is 1.57. The molecule has 1 heterocycles. The summed E-state index contributed by atoms with van der Waals surface area (Å²) in [6.07, 6.45) is 1.34. The second-order valence-corrected chi connectivity index (χ2v) is 9.70. The number of thioether (sulfide) groups is 1. The van der Waals surface area contributed by atoms with Crippen LogP contribution in [0.1, 0.15) is 12.8 Å². The number of rotatable bonds is 10. The third kappa shape index (κ3) is 6.35. The Morgan fingerprint density at radius 2 is 1.93 bits per heavy atom. The highest BCUT2D eigenvalue weighted by atomic mass is 35.5. The van der Waals surface area contributed by atoms with Crippen LogP contribution in [-0.2, 0) is 4.79 Å². The van der Waals surface area contributed by atoms with Crippen molar-refractivity contribution in [2.24, 2.45) is 0 Å². The summed E-state index contributed by atoms with van der Waals surface area (Å²) >= 11 is 9.13. The zero-order valence-electron chi connectivity index (χ0n) is 17.4. The predicted molar refractivity (Wildman–Crippen MR) is 128 cm³/mol. The number of fused-ring (bicyclic) bond motifs is 1. The van der Waals surface area contributed by atoms with Gasteiger partial charge in [-0.25, -0.2) is 4.98 Å². The van der Waals surface area contributed by atoms with Crippen molar-refractivity contribution in [3.63, 3.8) is 0 Å². The standard InChI is InChI=1S/C22H26ClN3O2S2/c1-25(2)12-4-13-26(21(27)11-14-29-18-8-5-16(23)6-9-18)22-24-19-10-7-17(28-3)15-20(19)30-22/h5-10,15H,4,11-14H2,1-3H3. The molecule has 1 amide bonds. The predicted octanol–water partition coefficient (Wildman–Crippen LogP) is 5.43. The third-order valence-corrected chi connectivity index (χ3v) is 6.81. The summed E-state index contributed by atoms with van der Waals surface area (Å²) < 4.78 is 6.33. The summed E-state index contributed by atoms with van der Waals surface area (Å²) in [5.41, 5.74) is 0.886. The molecule has 5 nitrogen and oxygen atoms in total. The summed E-state index contributed by atoms with van der Waals surface area (Å²) in [5, 5.41) is 1.47. The summed E-state index contributed by atoms with van der Waals surface area (Å²) in [4.78, 5) is 22.9. The van der Waals surface area contributed by atoms with E-state index in [1.807, 2.05) is 61.5 Å². The van der Waals surface area contributed by atoms with Crippen molar-refractivity contribution < 1.29 is 9.53 Å². The van der Waals surface area contributed by atoms with E-state index >= 15 is 0 Å². The minimum atomic E-state index is 0.0984. The second kappa shape index (κ2) is 11.0. The molecule has 0 radical (unpaired) electrons. The van der Waals surface area contributed by atoms with Crippen molar-refractivity contribution in [2.75, 3.05) is 44.9 Å². The van der Waals surface area contributed by atoms with Gasteiger partial charge in [0.05, 0.1) is 17.3 Å². The fraction of sp³-hybridized carbons (Fsp3) is 0.364. The first-order chi connectivity index (χ1) is 14.5. The molecule has 3 rings (SSSR count). The molecule has 0 spiro atoms. The molecule has 0 N–H and O–H groups in total. The lowest BCUT2D eigenvalue weighted by atomic mass is 10.3. The number of benzene rings is 2. The smallest absolute Gasteiger partial charge is 0.229 e. The van der Waals surface area contributed by atoms with Crippen molar-refractivity contribution in [3.05, 3.63) is 47.5 Å². The number of nitrogens with zero attached hydrogens (tertiary/aromatic N) is 3. The summed E-state index contributed by atoms with van der Waals surface area (Å²) in [7, 11) is 5.73. The summed E-state index contributed by atoms with van der Waals surface area (Å²) in [6, 6.07) is 13.5. The van der Waals surface area contributed by atoms with E-state index in [0.29, 0.717) is 18.7 Å². The maximum atomic E-state index is 13.1. The van der Waals surface area contributed by atoms with Crippen molar-refractivity contribution >= 4 is 56.0 Å². The Balaban J connectivity index is 1.70. The van der Waals surface area contributed by atoms with E-state index in [-0.39, 0.29) is 5.91 Å². The van der Waals surface area contributed by atoms with Crippen LogP contribution in [0.2, 0.25) is 5.02 Å². The number of hydrogen-bond acceptors (Lipinski definition) is 6. The van der Waals surface area contributed by atoms with Gasteiger partial charge >= 0.3 is 0 Å². The number of amides is 1. The average Bonchev–Trinajstić information content (AvgIpc) is 3.15. The first kappa shape index (κ1) is 22.9. The van der Waals surface area contributed by atoms with Crippen LogP contribution in [0.5, 0.6) is 5.75 Å². The second-order valence-electron chi connectivity index (χ2n) is 7.08. The van der Waals surface area contributed by atoms with Crippen LogP contribution >= 0.6 is 34.7 Å². The van der Waals surface area contributed by atoms with Gasteiger partial charge in [-0.15, -0.1) is 11.8 Å². The highest BCUT2D eigenvalue weighted by Crippen LogP contribution is 2.32. The van der Waals surface area contributed by atoms with Crippen molar-refractivity contribution in [3.8, 4) is 5.75 Å². The lowest BCUT2D eigenvalue weighted by Crippen LogP contribution is -2.33. The molecular formula is C22H26ClN3O2S2. The Morgan fingerprint density at radius 3 is 2.63 bits per heavy atom. The normalized spacial score (nSPS) is 11.2. The number of methoxy groups -OCH3 is 1. The Hall–Kier alpha value is -1.80. The first-order valence-electron chi connectivity index (χ1n) is 9.74. The molecule has 30 heavy (non-hydrogen) atoms. The molecule has 3 aromatic rings. The number of carbonyl (C=O) groups is 1. The Kier molecular flexibility index (Phi) is 8.39. The Morgan fingerprint density at radius 1 is 1.17 bits per heavy atom. The Labute approximate surface area is 191 Å². The maximum absolute atomic E-state index is 13.1. The highest BCUT2D eigenvalue weighted by molar-refractivity contribution is 7.99. The zero-order chi connectivity index (χ0) is 21.5. The van der Waals surface area contributed by atoms with Gasteiger partial charge in [0.1, 0.15) is 5.75 Å². The lowest BCUT2D eigenvalue weighted by Gasteiger charge is -2.21. The van der Waals surface area contributed by atoms with Crippen LogP contribution in [0.4, 0.5) is 5.13 Å². The van der Waals surface area contributed by atoms with Crippen LogP contribution < -0.4 is 9.64 Å². The molecule has 0 saturated carbocycles. The molecule has 2 aromatic carbocycles. The van der Waals surface area contributed by atoms with E-state index in [4.69, 9.17) is 21.3 Å². The molecular weight excluding hydrogens is 438 g/mol. The first-order valence-corrected chi connectivity index (χ1v) is 11.9. The monoisotopic (exact) mass is 463 g/mol. The number of carbonyl (C=O) groups excluding carboxylic acids is 1. The third-order valence-electron chi connectivity index (χ3n) is 4.50. The van der Waals surface area contributed by atoms with Gasteiger partial charge in [-0.2, -0.15) is 0 Å². The maximum Gasteiger partial charge on any atom is 0.229 e. The zero-order valence-corrected chi connectivity index (χ0v) is 19.8. The minimum Gasteiger partial charge on any atom is -0.497 e. The number of hydrogen-bond donors (Lipinski definition) is 0. The number of halogens is 1. The van der Waals surface area contributed by atoms with E-state index in [1.54, 1.807) is 18.9 Å². The van der Waals surface area contributed by atoms with Gasteiger partial charge in [0.15, 0.2) is 5.13 Å². The Bertz CT molecular complexity index is 976. The molecule has 0 saturated heterocycles. The fourth-order valence-corrected chi connectivity index (χ4v) is 4.93. The fourth-order valence-electron chi connectivity index (χ4n) is 2.93. The van der Waals surface area contributed by atoms with Gasteiger partial charge in [-0.05, 0) is 69.5 Å². The number of thiazole rings is 1. The number of ether oxygens (including phenoxy) is 1. The molecule has 0 aliphatic heterocycles. The van der Waals surface area contributed by atoms with Gasteiger partial charge in [-0.3, -0.25) is 9.69 Å². The molecule has 0 atom stereocenters. The van der Waals surface area contributed by atoms with Crippen LogP contribution in [0, 0.1) is 0 Å². The van der Waals surface area contributed by atoms with Crippen molar-refractivity contribution in [1.82, 2.24) is 9.88 Å². The van der Waals surface area contributed by atoms with Crippen LogP contribution in [0.3, 0.4) is 0 Å². The lowest BCUT2D eigenvalue weighted by molar-refractivity contribution is -0.118. The highest BCUT2D eigenvalue weighted by Gasteiger charge is 2.19. The molecule has 0 bridgehead atoms. The minimum absolute atomic E-state index is 0.0984.